The summed E-state index contributed by atoms with van der Waals surface area (Å²) in [6, 6.07) is 7.36. The smallest absolute Gasteiger partial charge is 0.243 e. The van der Waals surface area contributed by atoms with Gasteiger partial charge in [0.05, 0.1) is 18.1 Å². The van der Waals surface area contributed by atoms with Crippen LogP contribution in [0.25, 0.3) is 0 Å². The van der Waals surface area contributed by atoms with Crippen LogP contribution in [0.5, 0.6) is 0 Å². The molecular weight excluding hydrogens is 286 g/mol. The predicted molar refractivity (Wildman–Crippen MR) is 83.9 cm³/mol. The number of rotatable bonds is 7. The highest BCUT2D eigenvalue weighted by molar-refractivity contribution is 7.89. The van der Waals surface area contributed by atoms with E-state index in [1.54, 1.807) is 12.1 Å². The van der Waals surface area contributed by atoms with Crippen LogP contribution >= 0.6 is 0 Å². The number of benzene rings is 1. The van der Waals surface area contributed by atoms with Crippen molar-refractivity contribution in [1.29, 1.82) is 0 Å². The molecule has 0 bridgehead atoms. The quantitative estimate of drug-likeness (QED) is 0.728. The fourth-order valence-electron chi connectivity index (χ4n) is 2.52. The number of aryl methyl sites for hydroxylation is 1. The van der Waals surface area contributed by atoms with Crippen LogP contribution in [0.15, 0.2) is 29.2 Å². The number of hydrogen-bond acceptors (Lipinski definition) is 3. The van der Waals surface area contributed by atoms with E-state index in [1.165, 1.54) is 35.6 Å². The lowest BCUT2D eigenvalue weighted by Gasteiger charge is -2.26. The molecule has 1 aliphatic heterocycles. The molecule has 1 saturated heterocycles. The molecule has 0 spiro atoms. The summed E-state index contributed by atoms with van der Waals surface area (Å²) in [6.07, 6.45) is 5.94. The second kappa shape index (κ2) is 7.92. The topological polar surface area (TPSA) is 46.6 Å². The first-order valence-electron chi connectivity index (χ1n) is 7.81. The lowest BCUT2D eigenvalue weighted by molar-refractivity contribution is 0.0730. The van der Waals surface area contributed by atoms with E-state index in [0.717, 1.165) is 6.42 Å². The summed E-state index contributed by atoms with van der Waals surface area (Å²) in [7, 11) is -3.35. The van der Waals surface area contributed by atoms with Crippen LogP contribution in [0.3, 0.4) is 0 Å². The molecule has 1 fully saturated rings. The fourth-order valence-corrected chi connectivity index (χ4v) is 3.93. The average Bonchev–Trinajstić information content (AvgIpc) is 2.53. The van der Waals surface area contributed by atoms with Crippen molar-refractivity contribution in [2.75, 3.05) is 26.3 Å². The molecule has 5 heteroatoms. The van der Waals surface area contributed by atoms with E-state index in [9.17, 15) is 8.42 Å². The summed E-state index contributed by atoms with van der Waals surface area (Å²) in [4.78, 5) is 0.390. The van der Waals surface area contributed by atoms with E-state index < -0.39 is 10.0 Å². The van der Waals surface area contributed by atoms with Gasteiger partial charge in [0, 0.05) is 13.1 Å². The first-order chi connectivity index (χ1) is 10.1. The molecule has 2 rings (SSSR count). The van der Waals surface area contributed by atoms with Gasteiger partial charge in [-0.3, -0.25) is 0 Å². The summed E-state index contributed by atoms with van der Waals surface area (Å²) in [5.41, 5.74) is 1.21. The maximum absolute atomic E-state index is 12.5. The largest absolute Gasteiger partial charge is 0.379 e. The third kappa shape index (κ3) is 4.53. The summed E-state index contributed by atoms with van der Waals surface area (Å²) in [5, 5.41) is 0. The zero-order valence-electron chi connectivity index (χ0n) is 12.8. The normalized spacial score (nSPS) is 17.0. The maximum Gasteiger partial charge on any atom is 0.243 e. The van der Waals surface area contributed by atoms with Gasteiger partial charge in [-0.2, -0.15) is 4.31 Å². The molecular formula is C16H25NO3S. The van der Waals surface area contributed by atoms with Crippen LogP contribution in [-0.2, 0) is 21.2 Å². The molecule has 21 heavy (non-hydrogen) atoms. The third-order valence-corrected chi connectivity index (χ3v) is 5.76. The summed E-state index contributed by atoms with van der Waals surface area (Å²) >= 11 is 0. The fraction of sp³-hybridized carbons (Fsp3) is 0.625. The van der Waals surface area contributed by atoms with Crippen LogP contribution in [-0.4, -0.2) is 39.0 Å². The second-order valence-electron chi connectivity index (χ2n) is 5.47. The predicted octanol–water partition coefficient (Wildman–Crippen LogP) is 2.83. The molecule has 0 N–H and O–H groups in total. The maximum atomic E-state index is 12.5. The number of hydrogen-bond donors (Lipinski definition) is 0. The van der Waals surface area contributed by atoms with Crippen LogP contribution in [0.2, 0.25) is 0 Å². The molecule has 0 atom stereocenters. The van der Waals surface area contributed by atoms with Gasteiger partial charge < -0.3 is 4.74 Å². The summed E-state index contributed by atoms with van der Waals surface area (Å²) in [6.45, 7) is 4.05. The van der Waals surface area contributed by atoms with E-state index >= 15 is 0 Å². The molecule has 0 saturated carbocycles. The van der Waals surface area contributed by atoms with Crippen molar-refractivity contribution < 1.29 is 13.2 Å². The van der Waals surface area contributed by atoms with E-state index in [-0.39, 0.29) is 0 Å². The van der Waals surface area contributed by atoms with Crippen molar-refractivity contribution in [1.82, 2.24) is 4.31 Å². The first kappa shape index (κ1) is 16.5. The monoisotopic (exact) mass is 311 g/mol. The highest BCUT2D eigenvalue weighted by Gasteiger charge is 2.25. The Labute approximate surface area is 128 Å². The van der Waals surface area contributed by atoms with Crippen molar-refractivity contribution in [3.05, 3.63) is 29.8 Å². The molecule has 0 unspecified atom stereocenters. The highest BCUT2D eigenvalue weighted by Crippen LogP contribution is 2.18. The highest BCUT2D eigenvalue weighted by atomic mass is 32.2. The zero-order chi connectivity index (χ0) is 15.1. The van der Waals surface area contributed by atoms with E-state index in [1.807, 2.05) is 12.1 Å². The zero-order valence-corrected chi connectivity index (χ0v) is 13.6. The standard InChI is InChI=1S/C16H25NO3S/c1-2-3-4-5-6-15-7-9-16(10-8-15)21(18,19)17-11-13-20-14-12-17/h7-10H,2-6,11-14H2,1H3. The van der Waals surface area contributed by atoms with Crippen molar-refractivity contribution in [2.24, 2.45) is 0 Å². The van der Waals surface area contributed by atoms with Crippen LogP contribution < -0.4 is 0 Å². The minimum Gasteiger partial charge on any atom is -0.379 e. The minimum atomic E-state index is -3.35. The Morgan fingerprint density at radius 2 is 1.71 bits per heavy atom. The molecule has 1 aromatic carbocycles. The first-order valence-corrected chi connectivity index (χ1v) is 9.25. The lowest BCUT2D eigenvalue weighted by Crippen LogP contribution is -2.40. The van der Waals surface area contributed by atoms with Gasteiger partial charge >= 0.3 is 0 Å². The number of ether oxygens (including phenoxy) is 1. The average molecular weight is 311 g/mol. The molecule has 1 aliphatic rings. The molecule has 1 aromatic rings. The van der Waals surface area contributed by atoms with Crippen LogP contribution in [0, 0.1) is 0 Å². The van der Waals surface area contributed by atoms with Gasteiger partial charge in [-0.1, -0.05) is 38.3 Å². The van der Waals surface area contributed by atoms with Gasteiger partial charge in [0.15, 0.2) is 0 Å². The van der Waals surface area contributed by atoms with Crippen LogP contribution in [0.4, 0.5) is 0 Å². The number of sulfonamides is 1. The third-order valence-electron chi connectivity index (χ3n) is 3.85. The molecule has 0 aromatic heterocycles. The number of nitrogens with zero attached hydrogens (tertiary/aromatic N) is 1. The minimum absolute atomic E-state index is 0.390. The Morgan fingerprint density at radius 3 is 2.33 bits per heavy atom. The lowest BCUT2D eigenvalue weighted by atomic mass is 10.1. The Morgan fingerprint density at radius 1 is 1.05 bits per heavy atom. The summed E-state index contributed by atoms with van der Waals surface area (Å²) in [5.74, 6) is 0. The van der Waals surface area contributed by atoms with E-state index in [0.29, 0.717) is 31.2 Å². The van der Waals surface area contributed by atoms with E-state index in [2.05, 4.69) is 6.92 Å². The number of unbranched alkanes of at least 4 members (excludes halogenated alkanes) is 3. The van der Waals surface area contributed by atoms with Crippen LogP contribution in [0.1, 0.15) is 38.2 Å². The van der Waals surface area contributed by atoms with Gasteiger partial charge in [0.25, 0.3) is 0 Å². The van der Waals surface area contributed by atoms with Crippen molar-refractivity contribution in [3.8, 4) is 0 Å². The molecule has 0 aliphatic carbocycles. The van der Waals surface area contributed by atoms with Crippen molar-refractivity contribution >= 4 is 10.0 Å². The molecule has 1 heterocycles. The Bertz CT molecular complexity index is 519. The summed E-state index contributed by atoms with van der Waals surface area (Å²) < 4.78 is 31.7. The van der Waals surface area contributed by atoms with Crippen molar-refractivity contribution in [3.63, 3.8) is 0 Å². The van der Waals surface area contributed by atoms with E-state index in [4.69, 9.17) is 4.74 Å². The number of morpholine rings is 1. The SMILES string of the molecule is CCCCCCc1ccc(S(=O)(=O)N2CCOCC2)cc1. The Balaban J connectivity index is 1.97. The second-order valence-corrected chi connectivity index (χ2v) is 7.41. The molecule has 0 radical (unpaired) electrons. The van der Waals surface area contributed by atoms with Crippen molar-refractivity contribution in [2.45, 2.75) is 43.9 Å². The Kier molecular flexibility index (Phi) is 6.21. The van der Waals surface area contributed by atoms with Gasteiger partial charge in [0.2, 0.25) is 10.0 Å². The van der Waals surface area contributed by atoms with Gasteiger partial charge in [-0.25, -0.2) is 8.42 Å². The Hall–Kier alpha value is -0.910. The van der Waals surface area contributed by atoms with Gasteiger partial charge in [-0.15, -0.1) is 0 Å². The molecule has 0 amide bonds. The van der Waals surface area contributed by atoms with Gasteiger partial charge in [0.1, 0.15) is 0 Å². The molecule has 4 nitrogen and oxygen atoms in total. The molecule has 118 valence electrons. The van der Waals surface area contributed by atoms with Gasteiger partial charge in [-0.05, 0) is 30.5 Å².